The van der Waals surface area contributed by atoms with Gasteiger partial charge in [0.05, 0.1) is 5.69 Å². The number of benzene rings is 2. The van der Waals surface area contributed by atoms with Crippen molar-refractivity contribution < 1.29 is 0 Å². The number of anilines is 1. The molecule has 0 aliphatic heterocycles. The van der Waals surface area contributed by atoms with Crippen LogP contribution in [0.4, 0.5) is 11.4 Å². The molecule has 0 saturated carbocycles. The van der Waals surface area contributed by atoms with Crippen molar-refractivity contribution in [2.24, 2.45) is 4.99 Å². The molecular weight excluding hydrogens is 352 g/mol. The van der Waals surface area contributed by atoms with Crippen LogP contribution < -0.4 is 5.32 Å². The van der Waals surface area contributed by atoms with E-state index >= 15 is 0 Å². The zero-order valence-corrected chi connectivity index (χ0v) is 19.7. The molecule has 0 aromatic heterocycles. The van der Waals surface area contributed by atoms with Crippen molar-refractivity contribution in [1.29, 1.82) is 0 Å². The van der Waals surface area contributed by atoms with Crippen LogP contribution in [0.15, 0.2) is 53.2 Å². The molecule has 2 rings (SSSR count). The maximum absolute atomic E-state index is 4.98. The quantitative estimate of drug-likeness (QED) is 0.471. The second-order valence-corrected chi connectivity index (χ2v) is 8.99. The van der Waals surface area contributed by atoms with Crippen LogP contribution in [-0.2, 0) is 0 Å². The second kappa shape index (κ2) is 9.91. The molecule has 0 bridgehead atoms. The number of para-hydroxylation sites is 2. The minimum atomic E-state index is 0.455. The first-order chi connectivity index (χ1) is 13.6. The Morgan fingerprint density at radius 1 is 0.793 bits per heavy atom. The first-order valence-corrected chi connectivity index (χ1v) is 10.8. The lowest BCUT2D eigenvalue weighted by Gasteiger charge is -2.21. The molecule has 0 aliphatic rings. The van der Waals surface area contributed by atoms with Crippen LogP contribution in [0, 0.1) is 6.92 Å². The smallest absolute Gasteiger partial charge is 0.0696 e. The average molecular weight is 391 g/mol. The number of aliphatic imine (C=N–C) groups is 1. The van der Waals surface area contributed by atoms with Gasteiger partial charge < -0.3 is 5.32 Å². The Balaban J connectivity index is 2.40. The van der Waals surface area contributed by atoms with Crippen LogP contribution in [0.25, 0.3) is 0 Å². The molecule has 0 fully saturated rings. The summed E-state index contributed by atoms with van der Waals surface area (Å²) in [5.41, 5.74) is 9.73. The van der Waals surface area contributed by atoms with Crippen molar-refractivity contribution in [3.05, 3.63) is 70.4 Å². The van der Waals surface area contributed by atoms with Gasteiger partial charge in [0.1, 0.15) is 0 Å². The normalized spacial score (nSPS) is 13.0. The summed E-state index contributed by atoms with van der Waals surface area (Å²) in [6.45, 7) is 19.8. The Hall–Kier alpha value is -2.35. The Morgan fingerprint density at radius 2 is 1.28 bits per heavy atom. The monoisotopic (exact) mass is 390 g/mol. The zero-order valence-electron chi connectivity index (χ0n) is 19.7. The van der Waals surface area contributed by atoms with E-state index in [2.05, 4.69) is 110 Å². The van der Waals surface area contributed by atoms with Gasteiger partial charge in [0.25, 0.3) is 0 Å². The van der Waals surface area contributed by atoms with Crippen molar-refractivity contribution in [3.63, 3.8) is 0 Å². The number of rotatable bonds is 7. The fraction of sp³-hybridized carbons (Fsp3) is 0.444. The summed E-state index contributed by atoms with van der Waals surface area (Å²) < 4.78 is 0. The van der Waals surface area contributed by atoms with E-state index in [1.165, 1.54) is 27.9 Å². The maximum Gasteiger partial charge on any atom is 0.0696 e. The highest BCUT2D eigenvalue weighted by Gasteiger charge is 2.14. The fourth-order valence-electron chi connectivity index (χ4n) is 3.75. The minimum absolute atomic E-state index is 0.455. The van der Waals surface area contributed by atoms with Crippen molar-refractivity contribution in [2.75, 3.05) is 5.32 Å². The number of hydrogen-bond donors (Lipinski definition) is 1. The summed E-state index contributed by atoms with van der Waals surface area (Å²) in [6, 6.07) is 13.1. The summed E-state index contributed by atoms with van der Waals surface area (Å²) >= 11 is 0. The van der Waals surface area contributed by atoms with Gasteiger partial charge in [0.15, 0.2) is 0 Å². The predicted octanol–water partition coefficient (Wildman–Crippen LogP) is 8.47. The number of nitrogens with zero attached hydrogens (tertiary/aromatic N) is 1. The number of nitrogens with one attached hydrogen (secondary N) is 1. The summed E-state index contributed by atoms with van der Waals surface area (Å²) in [5, 5.41) is 3.69. The highest BCUT2D eigenvalue weighted by molar-refractivity contribution is 5.96. The third-order valence-electron chi connectivity index (χ3n) is 5.30. The van der Waals surface area contributed by atoms with Gasteiger partial charge in [-0.25, -0.2) is 0 Å². The van der Waals surface area contributed by atoms with Crippen LogP contribution >= 0.6 is 0 Å². The van der Waals surface area contributed by atoms with E-state index in [1.807, 2.05) is 0 Å². The first-order valence-electron chi connectivity index (χ1n) is 10.8. The van der Waals surface area contributed by atoms with E-state index in [9.17, 15) is 0 Å². The first kappa shape index (κ1) is 22.9. The number of hydrogen-bond acceptors (Lipinski definition) is 2. The van der Waals surface area contributed by atoms with Crippen molar-refractivity contribution in [1.82, 2.24) is 0 Å². The van der Waals surface area contributed by atoms with Gasteiger partial charge in [0.2, 0.25) is 0 Å². The van der Waals surface area contributed by atoms with E-state index in [0.29, 0.717) is 17.8 Å². The van der Waals surface area contributed by atoms with Gasteiger partial charge >= 0.3 is 0 Å². The number of aryl methyl sites for hydroxylation is 1. The number of allylic oxidation sites excluding steroid dienone is 2. The molecule has 0 radical (unpaired) electrons. The molecule has 2 aromatic rings. The van der Waals surface area contributed by atoms with Gasteiger partial charge in [-0.3, -0.25) is 4.99 Å². The summed E-state index contributed by atoms with van der Waals surface area (Å²) in [6.07, 6.45) is 2.15. The standard InChI is InChI=1S/C27H38N2/c1-17(2)23-13-10-12-20(7)26(23)28-21(8)16-22(9)29-27-24(18(3)4)14-11-15-25(27)19(5)6/h10-19,29H,1-9H3/b22-16-,28-21+. The Labute approximate surface area is 178 Å². The Morgan fingerprint density at radius 3 is 1.79 bits per heavy atom. The van der Waals surface area contributed by atoms with Crippen LogP contribution in [0.2, 0.25) is 0 Å². The molecule has 0 saturated heterocycles. The lowest BCUT2D eigenvalue weighted by molar-refractivity contribution is 0.837. The SMILES string of the molecule is C/C(=C/C(C)=N/c1c(C)cccc1C(C)C)Nc1c(C(C)C)cccc1C(C)C. The molecule has 0 atom stereocenters. The topological polar surface area (TPSA) is 24.4 Å². The van der Waals surface area contributed by atoms with Gasteiger partial charge in [-0.2, -0.15) is 0 Å². The fourth-order valence-corrected chi connectivity index (χ4v) is 3.75. The highest BCUT2D eigenvalue weighted by atomic mass is 14.9. The van der Waals surface area contributed by atoms with E-state index < -0.39 is 0 Å². The van der Waals surface area contributed by atoms with Gasteiger partial charge in [-0.15, -0.1) is 0 Å². The van der Waals surface area contributed by atoms with Crippen molar-refractivity contribution >= 4 is 17.1 Å². The minimum Gasteiger partial charge on any atom is -0.359 e. The molecule has 0 amide bonds. The molecule has 2 heteroatoms. The van der Waals surface area contributed by atoms with Gasteiger partial charge in [-0.1, -0.05) is 77.9 Å². The molecule has 0 spiro atoms. The van der Waals surface area contributed by atoms with Gasteiger partial charge in [0, 0.05) is 17.1 Å². The largest absolute Gasteiger partial charge is 0.359 e. The van der Waals surface area contributed by atoms with Crippen LogP contribution in [0.5, 0.6) is 0 Å². The van der Waals surface area contributed by atoms with Crippen molar-refractivity contribution in [3.8, 4) is 0 Å². The highest BCUT2D eigenvalue weighted by Crippen LogP contribution is 2.33. The van der Waals surface area contributed by atoms with E-state index in [0.717, 1.165) is 17.1 Å². The molecule has 156 valence electrons. The third-order valence-corrected chi connectivity index (χ3v) is 5.30. The summed E-state index contributed by atoms with van der Waals surface area (Å²) in [4.78, 5) is 4.98. The molecule has 2 nitrogen and oxygen atoms in total. The Bertz CT molecular complexity index is 872. The molecule has 29 heavy (non-hydrogen) atoms. The van der Waals surface area contributed by atoms with Crippen molar-refractivity contribution in [2.45, 2.75) is 80.1 Å². The summed E-state index contributed by atoms with van der Waals surface area (Å²) in [7, 11) is 0. The lowest BCUT2D eigenvalue weighted by Crippen LogP contribution is -2.07. The molecule has 0 unspecified atom stereocenters. The zero-order chi connectivity index (χ0) is 21.7. The Kier molecular flexibility index (Phi) is 7.84. The molecule has 0 heterocycles. The molecular formula is C27H38N2. The average Bonchev–Trinajstić information content (AvgIpc) is 2.62. The molecule has 2 aromatic carbocycles. The second-order valence-electron chi connectivity index (χ2n) is 8.99. The predicted molar refractivity (Wildman–Crippen MR) is 130 cm³/mol. The third kappa shape index (κ3) is 5.82. The maximum atomic E-state index is 4.98. The van der Waals surface area contributed by atoms with E-state index in [1.54, 1.807) is 0 Å². The van der Waals surface area contributed by atoms with E-state index in [-0.39, 0.29) is 0 Å². The summed E-state index contributed by atoms with van der Waals surface area (Å²) in [5.74, 6) is 1.40. The van der Waals surface area contributed by atoms with Crippen LogP contribution in [-0.4, -0.2) is 5.71 Å². The van der Waals surface area contributed by atoms with E-state index in [4.69, 9.17) is 4.99 Å². The van der Waals surface area contributed by atoms with Crippen LogP contribution in [0.3, 0.4) is 0 Å². The lowest BCUT2D eigenvalue weighted by atomic mass is 9.92. The van der Waals surface area contributed by atoms with Gasteiger partial charge in [-0.05, 0) is 66.9 Å². The van der Waals surface area contributed by atoms with Crippen LogP contribution in [0.1, 0.15) is 95.4 Å². The molecule has 0 aliphatic carbocycles. The molecule has 1 N–H and O–H groups in total.